The SMILES string of the molecule is O=C([O-])CCCC/C(=N/Nc1ccccc1)c1ccccn1. The van der Waals surface area contributed by atoms with Gasteiger partial charge in [-0.3, -0.25) is 10.4 Å². The van der Waals surface area contributed by atoms with Crippen LogP contribution in [0.25, 0.3) is 0 Å². The summed E-state index contributed by atoms with van der Waals surface area (Å²) in [6.45, 7) is 0. The van der Waals surface area contributed by atoms with Crippen LogP contribution < -0.4 is 10.5 Å². The Balaban J connectivity index is 2.03. The van der Waals surface area contributed by atoms with Crippen LogP contribution in [0.1, 0.15) is 31.4 Å². The number of pyridine rings is 1. The van der Waals surface area contributed by atoms with Crippen LogP contribution in [0, 0.1) is 0 Å². The maximum atomic E-state index is 10.5. The van der Waals surface area contributed by atoms with E-state index in [-0.39, 0.29) is 6.42 Å². The standard InChI is InChI=1S/C17H19N3O2/c21-17(22)12-5-4-11-16(15-10-6-7-13-18-15)20-19-14-8-2-1-3-9-14/h1-3,6-10,13,19H,4-5,11-12H2,(H,21,22)/p-1/b20-16-. The van der Waals surface area contributed by atoms with Gasteiger partial charge in [-0.05, 0) is 49.9 Å². The summed E-state index contributed by atoms with van der Waals surface area (Å²) in [5.41, 5.74) is 5.51. The summed E-state index contributed by atoms with van der Waals surface area (Å²) in [7, 11) is 0. The summed E-state index contributed by atoms with van der Waals surface area (Å²) in [6, 6.07) is 15.3. The molecule has 0 aliphatic heterocycles. The molecular formula is C17H18N3O2-. The number of hydrazone groups is 1. The number of aromatic nitrogens is 1. The molecular weight excluding hydrogens is 278 g/mol. The second-order valence-electron chi connectivity index (χ2n) is 4.83. The minimum Gasteiger partial charge on any atom is -0.550 e. The molecule has 22 heavy (non-hydrogen) atoms. The normalized spacial score (nSPS) is 11.2. The fourth-order valence-electron chi connectivity index (χ4n) is 1.98. The third-order valence-corrected chi connectivity index (χ3v) is 3.10. The predicted octanol–water partition coefficient (Wildman–Crippen LogP) is 2.21. The summed E-state index contributed by atoms with van der Waals surface area (Å²) >= 11 is 0. The number of hydrogen-bond acceptors (Lipinski definition) is 5. The zero-order valence-electron chi connectivity index (χ0n) is 12.2. The van der Waals surface area contributed by atoms with Gasteiger partial charge in [0.15, 0.2) is 0 Å². The van der Waals surface area contributed by atoms with Gasteiger partial charge in [-0.2, -0.15) is 5.10 Å². The Morgan fingerprint density at radius 3 is 2.45 bits per heavy atom. The first kappa shape index (κ1) is 15.7. The van der Waals surface area contributed by atoms with Crippen molar-refractivity contribution in [3.8, 4) is 0 Å². The van der Waals surface area contributed by atoms with Gasteiger partial charge in [0.05, 0.1) is 17.1 Å². The summed E-state index contributed by atoms with van der Waals surface area (Å²) in [6.07, 6.45) is 3.74. The van der Waals surface area contributed by atoms with E-state index in [1.54, 1.807) is 6.20 Å². The van der Waals surface area contributed by atoms with Crippen LogP contribution in [0.3, 0.4) is 0 Å². The van der Waals surface area contributed by atoms with Crippen molar-refractivity contribution in [2.45, 2.75) is 25.7 Å². The number of hydrogen-bond donors (Lipinski definition) is 1. The van der Waals surface area contributed by atoms with Crippen LogP contribution in [0.2, 0.25) is 0 Å². The van der Waals surface area contributed by atoms with Crippen molar-refractivity contribution in [2.75, 3.05) is 5.43 Å². The zero-order chi connectivity index (χ0) is 15.6. The number of carbonyl (C=O) groups is 1. The van der Waals surface area contributed by atoms with Gasteiger partial charge in [-0.15, -0.1) is 0 Å². The Labute approximate surface area is 129 Å². The molecule has 0 unspecified atom stereocenters. The monoisotopic (exact) mass is 296 g/mol. The number of nitrogens with one attached hydrogen (secondary N) is 1. The van der Waals surface area contributed by atoms with Gasteiger partial charge in [0.1, 0.15) is 0 Å². The molecule has 0 spiro atoms. The molecule has 0 aliphatic carbocycles. The average Bonchev–Trinajstić information content (AvgIpc) is 2.55. The Morgan fingerprint density at radius 2 is 1.77 bits per heavy atom. The third kappa shape index (κ3) is 5.36. The lowest BCUT2D eigenvalue weighted by molar-refractivity contribution is -0.305. The van der Waals surface area contributed by atoms with E-state index in [9.17, 15) is 9.90 Å². The van der Waals surface area contributed by atoms with Crippen molar-refractivity contribution in [1.82, 2.24) is 4.98 Å². The highest BCUT2D eigenvalue weighted by atomic mass is 16.4. The van der Waals surface area contributed by atoms with Gasteiger partial charge in [-0.25, -0.2) is 0 Å². The Bertz CT molecular complexity index is 612. The number of unbranched alkanes of at least 4 members (excludes halogenated alkanes) is 1. The number of carboxylic acids is 1. The number of carbonyl (C=O) groups excluding carboxylic acids is 1. The van der Waals surface area contributed by atoms with E-state index in [0.29, 0.717) is 12.8 Å². The van der Waals surface area contributed by atoms with Crippen LogP contribution in [-0.2, 0) is 4.79 Å². The van der Waals surface area contributed by atoms with Crippen LogP contribution in [0.4, 0.5) is 5.69 Å². The predicted molar refractivity (Wildman–Crippen MR) is 84.3 cm³/mol. The smallest absolute Gasteiger partial charge is 0.0863 e. The van der Waals surface area contributed by atoms with E-state index in [4.69, 9.17) is 0 Å². The van der Waals surface area contributed by atoms with Gasteiger partial charge >= 0.3 is 0 Å². The molecule has 0 atom stereocenters. The van der Waals surface area contributed by atoms with Crippen LogP contribution in [0.5, 0.6) is 0 Å². The van der Waals surface area contributed by atoms with E-state index in [1.807, 2.05) is 48.5 Å². The minimum absolute atomic E-state index is 0.0710. The van der Waals surface area contributed by atoms with Crippen molar-refractivity contribution in [3.63, 3.8) is 0 Å². The number of carboxylic acid groups (broad SMARTS) is 1. The summed E-state index contributed by atoms with van der Waals surface area (Å²) in [4.78, 5) is 14.8. The Morgan fingerprint density at radius 1 is 1.05 bits per heavy atom. The maximum absolute atomic E-state index is 10.5. The topological polar surface area (TPSA) is 77.4 Å². The van der Waals surface area contributed by atoms with E-state index in [0.717, 1.165) is 23.5 Å². The molecule has 0 saturated heterocycles. The molecule has 0 saturated carbocycles. The second-order valence-corrected chi connectivity index (χ2v) is 4.83. The fourth-order valence-corrected chi connectivity index (χ4v) is 1.98. The first-order valence-corrected chi connectivity index (χ1v) is 7.24. The average molecular weight is 296 g/mol. The van der Waals surface area contributed by atoms with Crippen LogP contribution in [-0.4, -0.2) is 16.7 Å². The summed E-state index contributed by atoms with van der Waals surface area (Å²) < 4.78 is 0. The van der Waals surface area contributed by atoms with Crippen molar-refractivity contribution in [2.24, 2.45) is 5.10 Å². The van der Waals surface area contributed by atoms with E-state index in [1.165, 1.54) is 0 Å². The highest BCUT2D eigenvalue weighted by molar-refractivity contribution is 5.99. The lowest BCUT2D eigenvalue weighted by Gasteiger charge is -2.08. The molecule has 1 aromatic heterocycles. The fraction of sp³-hybridized carbons (Fsp3) is 0.235. The number of nitrogens with zero attached hydrogens (tertiary/aromatic N) is 2. The summed E-state index contributed by atoms with van der Waals surface area (Å²) in [5.74, 6) is -1.02. The van der Waals surface area contributed by atoms with Crippen LogP contribution >= 0.6 is 0 Å². The highest BCUT2D eigenvalue weighted by Crippen LogP contribution is 2.10. The quantitative estimate of drug-likeness (QED) is 0.460. The second kappa shape index (κ2) is 8.56. The first-order valence-electron chi connectivity index (χ1n) is 7.24. The van der Waals surface area contributed by atoms with Gasteiger partial charge in [-0.1, -0.05) is 24.3 Å². The molecule has 5 nitrogen and oxygen atoms in total. The van der Waals surface area contributed by atoms with Crippen molar-refractivity contribution >= 4 is 17.4 Å². The van der Waals surface area contributed by atoms with E-state index < -0.39 is 5.97 Å². The summed E-state index contributed by atoms with van der Waals surface area (Å²) in [5, 5.41) is 14.9. The molecule has 114 valence electrons. The van der Waals surface area contributed by atoms with Crippen molar-refractivity contribution in [1.29, 1.82) is 0 Å². The van der Waals surface area contributed by atoms with Gasteiger partial charge in [0.2, 0.25) is 0 Å². The molecule has 0 bridgehead atoms. The minimum atomic E-state index is -1.02. The molecule has 2 aromatic rings. The van der Waals surface area contributed by atoms with Crippen molar-refractivity contribution in [3.05, 3.63) is 60.4 Å². The van der Waals surface area contributed by atoms with E-state index >= 15 is 0 Å². The van der Waals surface area contributed by atoms with Gasteiger partial charge in [0, 0.05) is 12.2 Å². The molecule has 0 aliphatic rings. The number of benzene rings is 1. The zero-order valence-corrected chi connectivity index (χ0v) is 12.2. The Kier molecular flexibility index (Phi) is 6.11. The molecule has 2 rings (SSSR count). The third-order valence-electron chi connectivity index (χ3n) is 3.10. The number of aliphatic carboxylic acids is 1. The van der Waals surface area contributed by atoms with Crippen molar-refractivity contribution < 1.29 is 9.90 Å². The van der Waals surface area contributed by atoms with Crippen LogP contribution in [0.15, 0.2) is 59.8 Å². The molecule has 1 N–H and O–H groups in total. The number of anilines is 1. The lowest BCUT2D eigenvalue weighted by Crippen LogP contribution is -2.21. The molecule has 1 aromatic carbocycles. The molecule has 0 fully saturated rings. The Hall–Kier alpha value is -2.69. The van der Waals surface area contributed by atoms with Gasteiger partial charge < -0.3 is 9.90 Å². The largest absolute Gasteiger partial charge is 0.550 e. The number of rotatable bonds is 8. The maximum Gasteiger partial charge on any atom is 0.0863 e. The van der Waals surface area contributed by atoms with Gasteiger partial charge in [0.25, 0.3) is 0 Å². The number of para-hydroxylation sites is 1. The molecule has 0 radical (unpaired) electrons. The molecule has 0 amide bonds. The first-order chi connectivity index (χ1) is 10.8. The molecule has 5 heteroatoms. The lowest BCUT2D eigenvalue weighted by atomic mass is 10.1. The highest BCUT2D eigenvalue weighted by Gasteiger charge is 2.05. The van der Waals surface area contributed by atoms with E-state index in [2.05, 4.69) is 15.5 Å². The molecule has 1 heterocycles.